The molecule has 108 valence electrons. The molecule has 1 saturated heterocycles. The number of rotatable bonds is 5. The fraction of sp³-hybridized carbons (Fsp3) is 0.429. The van der Waals surface area contributed by atoms with Crippen molar-refractivity contribution in [2.75, 3.05) is 19.7 Å². The number of halogens is 1. The van der Waals surface area contributed by atoms with Gasteiger partial charge in [-0.1, -0.05) is 17.3 Å². The lowest BCUT2D eigenvalue weighted by Gasteiger charge is -2.22. The highest BCUT2D eigenvalue weighted by Crippen LogP contribution is 2.17. The Morgan fingerprint density at radius 1 is 1.40 bits per heavy atom. The van der Waals surface area contributed by atoms with Crippen LogP contribution in [0.5, 0.6) is 5.75 Å². The molecule has 1 aromatic heterocycles. The molecule has 1 N–H and O–H groups in total. The molecule has 0 atom stereocenters. The SMILES string of the molecule is Cc1cccc(OCCc2noc(C3CNC3)n2)c1.Cl. The Bertz CT molecular complexity index is 555. The Morgan fingerprint density at radius 2 is 2.25 bits per heavy atom. The average Bonchev–Trinajstić information content (AvgIpc) is 2.75. The monoisotopic (exact) mass is 295 g/mol. The molecule has 5 nitrogen and oxygen atoms in total. The van der Waals surface area contributed by atoms with E-state index in [-0.39, 0.29) is 12.4 Å². The van der Waals surface area contributed by atoms with Gasteiger partial charge in [0.2, 0.25) is 5.89 Å². The smallest absolute Gasteiger partial charge is 0.232 e. The minimum Gasteiger partial charge on any atom is -0.493 e. The number of aryl methyl sites for hydroxylation is 1. The van der Waals surface area contributed by atoms with E-state index in [1.165, 1.54) is 5.56 Å². The first kappa shape index (κ1) is 14.8. The summed E-state index contributed by atoms with van der Waals surface area (Å²) < 4.78 is 10.9. The van der Waals surface area contributed by atoms with Gasteiger partial charge in [-0.15, -0.1) is 12.4 Å². The predicted octanol–water partition coefficient (Wildman–Crippen LogP) is 2.11. The molecule has 3 rings (SSSR count). The zero-order chi connectivity index (χ0) is 13.1. The highest BCUT2D eigenvalue weighted by molar-refractivity contribution is 5.85. The van der Waals surface area contributed by atoms with Gasteiger partial charge >= 0.3 is 0 Å². The van der Waals surface area contributed by atoms with Crippen molar-refractivity contribution in [1.29, 1.82) is 0 Å². The number of nitrogens with zero attached hydrogens (tertiary/aromatic N) is 2. The Kier molecular flexibility index (Phi) is 4.98. The minimum absolute atomic E-state index is 0. The van der Waals surface area contributed by atoms with Crippen molar-refractivity contribution in [3.05, 3.63) is 41.5 Å². The third kappa shape index (κ3) is 3.49. The van der Waals surface area contributed by atoms with E-state index in [1.807, 2.05) is 31.2 Å². The summed E-state index contributed by atoms with van der Waals surface area (Å²) >= 11 is 0. The fourth-order valence-corrected chi connectivity index (χ4v) is 1.96. The van der Waals surface area contributed by atoms with Gasteiger partial charge in [0, 0.05) is 19.5 Å². The molecule has 0 saturated carbocycles. The summed E-state index contributed by atoms with van der Waals surface area (Å²) in [5.74, 6) is 2.73. The number of hydrogen-bond donors (Lipinski definition) is 1. The van der Waals surface area contributed by atoms with Gasteiger partial charge in [-0.05, 0) is 24.6 Å². The Labute approximate surface area is 124 Å². The van der Waals surface area contributed by atoms with Crippen molar-refractivity contribution in [2.24, 2.45) is 0 Å². The Hall–Kier alpha value is -1.59. The van der Waals surface area contributed by atoms with Gasteiger partial charge in [0.05, 0.1) is 12.5 Å². The molecule has 20 heavy (non-hydrogen) atoms. The van der Waals surface area contributed by atoms with E-state index in [4.69, 9.17) is 9.26 Å². The van der Waals surface area contributed by atoms with E-state index in [0.717, 1.165) is 30.6 Å². The van der Waals surface area contributed by atoms with Crippen molar-refractivity contribution in [3.8, 4) is 5.75 Å². The van der Waals surface area contributed by atoms with Gasteiger partial charge in [-0.3, -0.25) is 0 Å². The molecular weight excluding hydrogens is 278 g/mol. The van der Waals surface area contributed by atoms with Gasteiger partial charge in [-0.25, -0.2) is 0 Å². The van der Waals surface area contributed by atoms with E-state index < -0.39 is 0 Å². The molecule has 1 aromatic carbocycles. The van der Waals surface area contributed by atoms with Gasteiger partial charge in [0.25, 0.3) is 0 Å². The topological polar surface area (TPSA) is 60.2 Å². The van der Waals surface area contributed by atoms with Crippen LogP contribution in [0.3, 0.4) is 0 Å². The van der Waals surface area contributed by atoms with Crippen LogP contribution in [0.4, 0.5) is 0 Å². The fourth-order valence-electron chi connectivity index (χ4n) is 1.96. The maximum Gasteiger partial charge on any atom is 0.232 e. The lowest BCUT2D eigenvalue weighted by atomic mass is 10.0. The largest absolute Gasteiger partial charge is 0.493 e. The summed E-state index contributed by atoms with van der Waals surface area (Å²) in [4.78, 5) is 4.38. The molecule has 0 bridgehead atoms. The van der Waals surface area contributed by atoms with Crippen LogP contribution < -0.4 is 10.1 Å². The van der Waals surface area contributed by atoms with Crippen molar-refractivity contribution in [2.45, 2.75) is 19.3 Å². The second-order valence-electron chi connectivity index (χ2n) is 4.82. The van der Waals surface area contributed by atoms with Crippen LogP contribution in [0.15, 0.2) is 28.8 Å². The second-order valence-corrected chi connectivity index (χ2v) is 4.82. The molecule has 0 amide bonds. The normalized spacial score (nSPS) is 14.4. The van der Waals surface area contributed by atoms with Crippen LogP contribution in [-0.4, -0.2) is 29.8 Å². The Balaban J connectivity index is 0.00000147. The quantitative estimate of drug-likeness (QED) is 0.915. The summed E-state index contributed by atoms with van der Waals surface area (Å²) in [6.07, 6.45) is 0.664. The van der Waals surface area contributed by atoms with Crippen molar-refractivity contribution in [1.82, 2.24) is 15.5 Å². The van der Waals surface area contributed by atoms with Gasteiger partial charge in [0.1, 0.15) is 5.75 Å². The highest BCUT2D eigenvalue weighted by Gasteiger charge is 2.24. The highest BCUT2D eigenvalue weighted by atomic mass is 35.5. The first-order valence-electron chi connectivity index (χ1n) is 6.54. The number of ether oxygens (including phenoxy) is 1. The summed E-state index contributed by atoms with van der Waals surface area (Å²) in [6.45, 7) is 4.47. The summed E-state index contributed by atoms with van der Waals surface area (Å²) in [6, 6.07) is 8.00. The molecule has 6 heteroatoms. The van der Waals surface area contributed by atoms with Crippen LogP contribution >= 0.6 is 12.4 Å². The Morgan fingerprint density at radius 3 is 2.95 bits per heavy atom. The van der Waals surface area contributed by atoms with Crippen LogP contribution in [0.1, 0.15) is 23.2 Å². The second kappa shape index (κ2) is 6.72. The molecule has 0 unspecified atom stereocenters. The lowest BCUT2D eigenvalue weighted by Crippen LogP contribution is -2.40. The van der Waals surface area contributed by atoms with Crippen molar-refractivity contribution in [3.63, 3.8) is 0 Å². The van der Waals surface area contributed by atoms with Crippen LogP contribution in [0, 0.1) is 6.92 Å². The van der Waals surface area contributed by atoms with E-state index in [9.17, 15) is 0 Å². The van der Waals surface area contributed by atoms with Crippen molar-refractivity contribution >= 4 is 12.4 Å². The molecule has 0 aliphatic carbocycles. The molecule has 2 aromatic rings. The zero-order valence-corrected chi connectivity index (χ0v) is 12.2. The number of aromatic nitrogens is 2. The molecule has 0 radical (unpaired) electrons. The van der Waals surface area contributed by atoms with Gasteiger partial charge < -0.3 is 14.6 Å². The molecule has 1 aliphatic rings. The first-order valence-corrected chi connectivity index (χ1v) is 6.54. The average molecular weight is 296 g/mol. The predicted molar refractivity (Wildman–Crippen MR) is 77.5 cm³/mol. The molecule has 2 heterocycles. The molecule has 1 aliphatic heterocycles. The van der Waals surface area contributed by atoms with E-state index >= 15 is 0 Å². The van der Waals surface area contributed by atoms with E-state index in [1.54, 1.807) is 0 Å². The number of benzene rings is 1. The maximum absolute atomic E-state index is 5.67. The van der Waals surface area contributed by atoms with Gasteiger partial charge in [-0.2, -0.15) is 4.98 Å². The summed E-state index contributed by atoms with van der Waals surface area (Å²) in [7, 11) is 0. The summed E-state index contributed by atoms with van der Waals surface area (Å²) in [5.41, 5.74) is 1.19. The maximum atomic E-state index is 5.67. The van der Waals surface area contributed by atoms with Crippen molar-refractivity contribution < 1.29 is 9.26 Å². The standard InChI is InChI=1S/C14H17N3O2.ClH/c1-10-3-2-4-12(7-10)18-6-5-13-16-14(19-17-13)11-8-15-9-11;/h2-4,7,11,15H,5-6,8-9H2,1H3;1H. The third-order valence-electron chi connectivity index (χ3n) is 3.20. The zero-order valence-electron chi connectivity index (χ0n) is 11.3. The molecular formula is C14H18ClN3O2. The number of nitrogens with one attached hydrogen (secondary N) is 1. The van der Waals surface area contributed by atoms with Crippen LogP contribution in [0.25, 0.3) is 0 Å². The third-order valence-corrected chi connectivity index (χ3v) is 3.20. The first-order chi connectivity index (χ1) is 9.31. The minimum atomic E-state index is 0. The number of hydrogen-bond acceptors (Lipinski definition) is 5. The molecule has 1 fully saturated rings. The van der Waals surface area contributed by atoms with Crippen LogP contribution in [-0.2, 0) is 6.42 Å². The van der Waals surface area contributed by atoms with Gasteiger partial charge in [0.15, 0.2) is 5.82 Å². The summed E-state index contributed by atoms with van der Waals surface area (Å²) in [5, 5.41) is 7.16. The van der Waals surface area contributed by atoms with Crippen LogP contribution in [0.2, 0.25) is 0 Å². The lowest BCUT2D eigenvalue weighted by molar-refractivity contribution is 0.299. The van der Waals surface area contributed by atoms with E-state index in [0.29, 0.717) is 18.9 Å². The van der Waals surface area contributed by atoms with E-state index in [2.05, 4.69) is 15.5 Å². The molecule has 0 spiro atoms.